The molecule has 0 bridgehead atoms. The second-order valence-electron chi connectivity index (χ2n) is 2.80. The van der Waals surface area contributed by atoms with Gasteiger partial charge in [0.1, 0.15) is 0 Å². The predicted octanol–water partition coefficient (Wildman–Crippen LogP) is -0.379. The first-order valence-electron chi connectivity index (χ1n) is 3.98. The van der Waals surface area contributed by atoms with Gasteiger partial charge in [0.2, 0.25) is 5.89 Å². The molecule has 1 rings (SSSR count). The Labute approximate surface area is 75.3 Å². The van der Waals surface area contributed by atoms with E-state index >= 15 is 0 Å². The Balaban J connectivity index is 2.73. The van der Waals surface area contributed by atoms with Crippen molar-refractivity contribution in [3.05, 3.63) is 11.7 Å². The minimum atomic E-state index is -0.685. The molecule has 6 heteroatoms. The number of carbonyl (C=O) groups is 1. The van der Waals surface area contributed by atoms with Crippen LogP contribution in [0.5, 0.6) is 0 Å². The lowest BCUT2D eigenvalue weighted by molar-refractivity contribution is 0.0987. The van der Waals surface area contributed by atoms with Gasteiger partial charge in [-0.15, -0.1) is 0 Å². The first-order valence-corrected chi connectivity index (χ1v) is 3.98. The number of carbonyl (C=O) groups excluding carboxylic acids is 1. The van der Waals surface area contributed by atoms with E-state index in [1.807, 2.05) is 6.92 Å². The Morgan fingerprint density at radius 1 is 1.69 bits per heavy atom. The van der Waals surface area contributed by atoms with E-state index in [1.165, 1.54) is 0 Å². The summed E-state index contributed by atoms with van der Waals surface area (Å²) in [5, 5.41) is 3.42. The zero-order valence-corrected chi connectivity index (χ0v) is 7.36. The average molecular weight is 184 g/mol. The van der Waals surface area contributed by atoms with Crippen LogP contribution in [0.2, 0.25) is 0 Å². The molecule has 0 spiro atoms. The van der Waals surface area contributed by atoms with Crippen molar-refractivity contribution in [2.45, 2.75) is 19.3 Å². The fraction of sp³-hybridized carbons (Fsp3) is 0.571. The summed E-state index contributed by atoms with van der Waals surface area (Å²) in [5.41, 5.74) is 10.3. The first kappa shape index (κ1) is 9.66. The van der Waals surface area contributed by atoms with Crippen LogP contribution in [0.1, 0.15) is 35.8 Å². The molecule has 1 amide bonds. The van der Waals surface area contributed by atoms with Gasteiger partial charge in [0.05, 0.1) is 0 Å². The molecule has 1 heterocycles. The fourth-order valence-corrected chi connectivity index (χ4v) is 0.909. The third kappa shape index (κ3) is 2.25. The molecule has 0 aromatic carbocycles. The number of nitrogens with two attached hydrogens (primary N) is 2. The summed E-state index contributed by atoms with van der Waals surface area (Å²) in [7, 11) is 0. The van der Waals surface area contributed by atoms with Gasteiger partial charge in [0.25, 0.3) is 11.7 Å². The van der Waals surface area contributed by atoms with E-state index in [9.17, 15) is 4.79 Å². The molecule has 72 valence electrons. The van der Waals surface area contributed by atoms with Crippen molar-refractivity contribution in [1.29, 1.82) is 0 Å². The average Bonchev–Trinajstić information content (AvgIpc) is 2.52. The molecule has 1 aromatic rings. The molecule has 0 aliphatic rings. The van der Waals surface area contributed by atoms with E-state index in [0.29, 0.717) is 12.4 Å². The summed E-state index contributed by atoms with van der Waals surface area (Å²) < 4.78 is 4.82. The molecule has 1 atom stereocenters. The van der Waals surface area contributed by atoms with Crippen LogP contribution in [0.3, 0.4) is 0 Å². The van der Waals surface area contributed by atoms with E-state index in [1.54, 1.807) is 0 Å². The Hall–Kier alpha value is -1.43. The van der Waals surface area contributed by atoms with Crippen LogP contribution >= 0.6 is 0 Å². The minimum absolute atomic E-state index is 0.0607. The van der Waals surface area contributed by atoms with Crippen LogP contribution in [-0.2, 0) is 0 Å². The van der Waals surface area contributed by atoms with E-state index in [4.69, 9.17) is 16.0 Å². The fourth-order valence-electron chi connectivity index (χ4n) is 0.909. The number of primary amides is 1. The molecule has 0 saturated carbocycles. The lowest BCUT2D eigenvalue weighted by atomic mass is 10.1. The van der Waals surface area contributed by atoms with Crippen LogP contribution in [0.25, 0.3) is 0 Å². The standard InChI is InChI=1S/C7H12N4O2/c1-4(2-3-8)7-10-6(5(9)12)11-13-7/h4H,2-3,8H2,1H3,(H2,9,12). The monoisotopic (exact) mass is 184 g/mol. The highest BCUT2D eigenvalue weighted by Crippen LogP contribution is 2.15. The smallest absolute Gasteiger partial charge is 0.290 e. The summed E-state index contributed by atoms with van der Waals surface area (Å²) >= 11 is 0. The van der Waals surface area contributed by atoms with Crippen LogP contribution < -0.4 is 11.5 Å². The van der Waals surface area contributed by atoms with Gasteiger partial charge in [-0.3, -0.25) is 4.79 Å². The third-order valence-electron chi connectivity index (χ3n) is 1.68. The molecule has 1 unspecified atom stereocenters. The van der Waals surface area contributed by atoms with E-state index in [2.05, 4.69) is 10.1 Å². The summed E-state index contributed by atoms with van der Waals surface area (Å²) in [5.74, 6) is -0.307. The molecule has 0 saturated heterocycles. The van der Waals surface area contributed by atoms with Crippen LogP contribution in [0, 0.1) is 0 Å². The molecule has 6 nitrogen and oxygen atoms in total. The number of hydrogen-bond donors (Lipinski definition) is 2. The van der Waals surface area contributed by atoms with Crippen molar-refractivity contribution >= 4 is 5.91 Å². The van der Waals surface area contributed by atoms with Gasteiger partial charge in [-0.05, 0) is 13.0 Å². The third-order valence-corrected chi connectivity index (χ3v) is 1.68. The Morgan fingerprint density at radius 3 is 2.85 bits per heavy atom. The predicted molar refractivity (Wildman–Crippen MR) is 44.9 cm³/mol. The molecule has 0 aliphatic carbocycles. The molecule has 0 aliphatic heterocycles. The number of amides is 1. The highest BCUT2D eigenvalue weighted by Gasteiger charge is 2.15. The largest absolute Gasteiger partial charge is 0.363 e. The van der Waals surface area contributed by atoms with Gasteiger partial charge in [0.15, 0.2) is 0 Å². The Morgan fingerprint density at radius 2 is 2.38 bits per heavy atom. The summed E-state index contributed by atoms with van der Waals surface area (Å²) in [4.78, 5) is 14.4. The summed E-state index contributed by atoms with van der Waals surface area (Å²) in [6, 6.07) is 0. The molecule has 4 N–H and O–H groups in total. The summed E-state index contributed by atoms with van der Waals surface area (Å²) in [6.45, 7) is 2.43. The van der Waals surface area contributed by atoms with Gasteiger partial charge >= 0.3 is 0 Å². The van der Waals surface area contributed by atoms with E-state index in [0.717, 1.165) is 6.42 Å². The zero-order chi connectivity index (χ0) is 9.84. The normalized spacial score (nSPS) is 12.8. The molecular formula is C7H12N4O2. The second kappa shape index (κ2) is 3.99. The molecular weight excluding hydrogens is 172 g/mol. The van der Waals surface area contributed by atoms with Gasteiger partial charge in [-0.25, -0.2) is 0 Å². The van der Waals surface area contributed by atoms with Gasteiger partial charge in [0, 0.05) is 5.92 Å². The highest BCUT2D eigenvalue weighted by atomic mass is 16.5. The van der Waals surface area contributed by atoms with Crippen molar-refractivity contribution in [3.8, 4) is 0 Å². The van der Waals surface area contributed by atoms with Crippen LogP contribution in [-0.4, -0.2) is 22.6 Å². The van der Waals surface area contributed by atoms with E-state index < -0.39 is 5.91 Å². The number of aromatic nitrogens is 2. The Bertz CT molecular complexity index is 296. The first-order chi connectivity index (χ1) is 6.15. The maximum absolute atomic E-state index is 10.6. The molecule has 1 aromatic heterocycles. The van der Waals surface area contributed by atoms with Crippen molar-refractivity contribution in [2.24, 2.45) is 11.5 Å². The van der Waals surface area contributed by atoms with Crippen molar-refractivity contribution in [3.63, 3.8) is 0 Å². The number of rotatable bonds is 4. The number of hydrogen-bond acceptors (Lipinski definition) is 5. The van der Waals surface area contributed by atoms with Crippen molar-refractivity contribution in [1.82, 2.24) is 10.1 Å². The molecule has 0 radical (unpaired) electrons. The van der Waals surface area contributed by atoms with Gasteiger partial charge in [-0.1, -0.05) is 12.1 Å². The highest BCUT2D eigenvalue weighted by molar-refractivity contribution is 5.88. The van der Waals surface area contributed by atoms with Crippen molar-refractivity contribution < 1.29 is 9.32 Å². The molecule has 0 fully saturated rings. The maximum atomic E-state index is 10.6. The Kier molecular flexibility index (Phi) is 2.97. The van der Waals surface area contributed by atoms with Gasteiger partial charge in [-0.2, -0.15) is 4.98 Å². The van der Waals surface area contributed by atoms with Crippen LogP contribution in [0.15, 0.2) is 4.52 Å². The topological polar surface area (TPSA) is 108 Å². The van der Waals surface area contributed by atoms with Crippen molar-refractivity contribution in [2.75, 3.05) is 6.54 Å². The molecule has 13 heavy (non-hydrogen) atoms. The summed E-state index contributed by atoms with van der Waals surface area (Å²) in [6.07, 6.45) is 0.737. The van der Waals surface area contributed by atoms with Gasteiger partial charge < -0.3 is 16.0 Å². The maximum Gasteiger partial charge on any atom is 0.290 e. The number of nitrogens with zero attached hydrogens (tertiary/aromatic N) is 2. The zero-order valence-electron chi connectivity index (χ0n) is 7.36. The lowest BCUT2D eigenvalue weighted by Gasteiger charge is -2.01. The lowest BCUT2D eigenvalue weighted by Crippen LogP contribution is -2.13. The van der Waals surface area contributed by atoms with Crippen LogP contribution in [0.4, 0.5) is 0 Å². The second-order valence-corrected chi connectivity index (χ2v) is 2.80. The SMILES string of the molecule is CC(CCN)c1nc(C(N)=O)no1. The minimum Gasteiger partial charge on any atom is -0.363 e. The van der Waals surface area contributed by atoms with E-state index in [-0.39, 0.29) is 11.7 Å². The quantitative estimate of drug-likeness (QED) is 0.663.